The summed E-state index contributed by atoms with van der Waals surface area (Å²) in [4.78, 5) is 0. The van der Waals surface area contributed by atoms with E-state index in [1.54, 1.807) is 6.07 Å². The van der Waals surface area contributed by atoms with Crippen molar-refractivity contribution in [2.45, 2.75) is 26.3 Å². The molecule has 2 N–H and O–H groups in total. The molecule has 0 heterocycles. The molecule has 96 valence electrons. The van der Waals surface area contributed by atoms with Crippen molar-refractivity contribution in [3.63, 3.8) is 0 Å². The minimum absolute atomic E-state index is 0.135. The van der Waals surface area contributed by atoms with Gasteiger partial charge in [-0.15, -0.1) is 0 Å². The fourth-order valence-corrected chi connectivity index (χ4v) is 2.94. The number of benzene rings is 1. The first-order valence-corrected chi connectivity index (χ1v) is 7.71. The molecule has 1 rings (SSSR count). The van der Waals surface area contributed by atoms with Gasteiger partial charge < -0.3 is 5.73 Å². The summed E-state index contributed by atoms with van der Waals surface area (Å²) in [5, 5.41) is 0. The monoisotopic (exact) mass is 319 g/mol. The second kappa shape index (κ2) is 7.39. The molecular formula is C13H19BrFNS. The van der Waals surface area contributed by atoms with Gasteiger partial charge in [-0.2, -0.15) is 11.8 Å². The molecule has 0 amide bonds. The molecule has 0 fully saturated rings. The average molecular weight is 320 g/mol. The first-order chi connectivity index (χ1) is 7.99. The van der Waals surface area contributed by atoms with E-state index < -0.39 is 0 Å². The zero-order valence-corrected chi connectivity index (χ0v) is 12.7. The number of thioether (sulfide) groups is 1. The van der Waals surface area contributed by atoms with Crippen molar-refractivity contribution in [1.82, 2.24) is 0 Å². The molecule has 4 heteroatoms. The molecule has 1 atom stereocenters. The predicted octanol–water partition coefficient (Wildman–Crippen LogP) is 3.85. The van der Waals surface area contributed by atoms with E-state index in [1.165, 1.54) is 6.07 Å². The second-order valence-electron chi connectivity index (χ2n) is 4.64. The lowest BCUT2D eigenvalue weighted by atomic mass is 10.1. The fourth-order valence-electron chi connectivity index (χ4n) is 1.48. The number of halogens is 2. The SMILES string of the molecule is CC(C)CSCC(N)Cc1ccc(F)c(Br)c1. The van der Waals surface area contributed by atoms with Crippen molar-refractivity contribution in [1.29, 1.82) is 0 Å². The van der Waals surface area contributed by atoms with Crippen LogP contribution in [0.2, 0.25) is 0 Å². The average Bonchev–Trinajstić information content (AvgIpc) is 2.23. The summed E-state index contributed by atoms with van der Waals surface area (Å²) in [6, 6.07) is 5.22. The lowest BCUT2D eigenvalue weighted by Gasteiger charge is -2.12. The summed E-state index contributed by atoms with van der Waals surface area (Å²) in [5.41, 5.74) is 7.13. The van der Waals surface area contributed by atoms with Crippen LogP contribution in [0.4, 0.5) is 4.39 Å². The molecule has 0 aliphatic rings. The number of hydrogen-bond acceptors (Lipinski definition) is 2. The van der Waals surface area contributed by atoms with Gasteiger partial charge in [-0.3, -0.25) is 0 Å². The van der Waals surface area contributed by atoms with Crippen LogP contribution in [0, 0.1) is 11.7 Å². The van der Waals surface area contributed by atoms with E-state index in [0.29, 0.717) is 10.4 Å². The molecule has 0 radical (unpaired) electrons. The van der Waals surface area contributed by atoms with Gasteiger partial charge in [0.25, 0.3) is 0 Å². The van der Waals surface area contributed by atoms with Crippen molar-refractivity contribution in [2.24, 2.45) is 11.7 Å². The van der Waals surface area contributed by atoms with Gasteiger partial charge in [0.1, 0.15) is 5.82 Å². The third kappa shape index (κ3) is 5.89. The van der Waals surface area contributed by atoms with Gasteiger partial charge in [0, 0.05) is 11.8 Å². The van der Waals surface area contributed by atoms with E-state index >= 15 is 0 Å². The van der Waals surface area contributed by atoms with Gasteiger partial charge in [-0.05, 0) is 51.7 Å². The minimum Gasteiger partial charge on any atom is -0.327 e. The molecule has 1 unspecified atom stereocenters. The Morgan fingerprint density at radius 1 is 1.35 bits per heavy atom. The van der Waals surface area contributed by atoms with E-state index in [9.17, 15) is 4.39 Å². The van der Waals surface area contributed by atoms with Crippen LogP contribution in [0.15, 0.2) is 22.7 Å². The highest BCUT2D eigenvalue weighted by Gasteiger charge is 2.07. The maximum absolute atomic E-state index is 13.0. The summed E-state index contributed by atoms with van der Waals surface area (Å²) in [5.74, 6) is 2.57. The molecule has 0 aromatic heterocycles. The summed E-state index contributed by atoms with van der Waals surface area (Å²) in [7, 11) is 0. The van der Waals surface area contributed by atoms with Gasteiger partial charge in [-0.25, -0.2) is 4.39 Å². The Hall–Kier alpha value is -0.0600. The normalized spacial score (nSPS) is 13.1. The largest absolute Gasteiger partial charge is 0.327 e. The molecule has 0 aliphatic heterocycles. The minimum atomic E-state index is -0.225. The van der Waals surface area contributed by atoms with Crippen molar-refractivity contribution in [3.8, 4) is 0 Å². The zero-order chi connectivity index (χ0) is 12.8. The Morgan fingerprint density at radius 3 is 2.65 bits per heavy atom. The standard InChI is InChI=1S/C13H19BrFNS/c1-9(2)7-17-8-11(16)5-10-3-4-13(15)12(14)6-10/h3-4,6,9,11H,5,7-8,16H2,1-2H3. The molecule has 0 bridgehead atoms. The summed E-state index contributed by atoms with van der Waals surface area (Å²) < 4.78 is 13.6. The van der Waals surface area contributed by atoms with E-state index in [2.05, 4.69) is 29.8 Å². The van der Waals surface area contributed by atoms with Gasteiger partial charge in [0.2, 0.25) is 0 Å². The van der Waals surface area contributed by atoms with Gasteiger partial charge in [0.05, 0.1) is 4.47 Å². The molecule has 1 aromatic rings. The van der Waals surface area contributed by atoms with E-state index in [-0.39, 0.29) is 11.9 Å². The number of nitrogens with two attached hydrogens (primary N) is 1. The highest BCUT2D eigenvalue weighted by Crippen LogP contribution is 2.18. The van der Waals surface area contributed by atoms with Crippen molar-refractivity contribution in [2.75, 3.05) is 11.5 Å². The Kier molecular flexibility index (Phi) is 6.52. The quantitative estimate of drug-likeness (QED) is 0.862. The van der Waals surface area contributed by atoms with Crippen LogP contribution >= 0.6 is 27.7 Å². The zero-order valence-electron chi connectivity index (χ0n) is 10.2. The van der Waals surface area contributed by atoms with Crippen LogP contribution in [0.5, 0.6) is 0 Å². The van der Waals surface area contributed by atoms with Crippen LogP contribution in [-0.4, -0.2) is 17.5 Å². The molecule has 0 saturated carbocycles. The number of rotatable bonds is 6. The molecule has 17 heavy (non-hydrogen) atoms. The molecule has 1 nitrogen and oxygen atoms in total. The van der Waals surface area contributed by atoms with Gasteiger partial charge in [-0.1, -0.05) is 19.9 Å². The summed E-state index contributed by atoms with van der Waals surface area (Å²) >= 11 is 5.07. The van der Waals surface area contributed by atoms with Gasteiger partial charge >= 0.3 is 0 Å². The fraction of sp³-hybridized carbons (Fsp3) is 0.538. The molecule has 0 spiro atoms. The first kappa shape index (κ1) is 15.0. The lowest BCUT2D eigenvalue weighted by molar-refractivity contribution is 0.619. The Morgan fingerprint density at radius 2 is 2.06 bits per heavy atom. The maximum atomic E-state index is 13.0. The predicted molar refractivity (Wildman–Crippen MR) is 77.9 cm³/mol. The number of hydrogen-bond donors (Lipinski definition) is 1. The topological polar surface area (TPSA) is 26.0 Å². The Balaban J connectivity index is 2.39. The smallest absolute Gasteiger partial charge is 0.137 e. The second-order valence-corrected chi connectivity index (χ2v) is 6.57. The summed E-state index contributed by atoms with van der Waals surface area (Å²) in [6.07, 6.45) is 0.796. The van der Waals surface area contributed by atoms with Gasteiger partial charge in [0.15, 0.2) is 0 Å². The van der Waals surface area contributed by atoms with Crippen LogP contribution in [0.1, 0.15) is 19.4 Å². The van der Waals surface area contributed by atoms with Crippen LogP contribution in [0.25, 0.3) is 0 Å². The van der Waals surface area contributed by atoms with E-state index in [0.717, 1.165) is 23.5 Å². The third-order valence-electron chi connectivity index (χ3n) is 2.27. The molecule has 0 saturated heterocycles. The Bertz CT molecular complexity index is 357. The summed E-state index contributed by atoms with van der Waals surface area (Å²) in [6.45, 7) is 4.41. The highest BCUT2D eigenvalue weighted by atomic mass is 79.9. The van der Waals surface area contributed by atoms with E-state index in [1.807, 2.05) is 17.8 Å². The lowest BCUT2D eigenvalue weighted by Crippen LogP contribution is -2.26. The molecular weight excluding hydrogens is 301 g/mol. The maximum Gasteiger partial charge on any atom is 0.137 e. The van der Waals surface area contributed by atoms with Crippen molar-refractivity contribution < 1.29 is 4.39 Å². The van der Waals surface area contributed by atoms with Crippen LogP contribution in [-0.2, 0) is 6.42 Å². The highest BCUT2D eigenvalue weighted by molar-refractivity contribution is 9.10. The van der Waals surface area contributed by atoms with Crippen LogP contribution in [0.3, 0.4) is 0 Å². The Labute approximate surface area is 115 Å². The molecule has 0 aliphatic carbocycles. The third-order valence-corrected chi connectivity index (χ3v) is 4.44. The van der Waals surface area contributed by atoms with Crippen molar-refractivity contribution >= 4 is 27.7 Å². The first-order valence-electron chi connectivity index (χ1n) is 5.76. The molecule has 1 aromatic carbocycles. The van der Waals surface area contributed by atoms with E-state index in [4.69, 9.17) is 5.73 Å². The van der Waals surface area contributed by atoms with Crippen LogP contribution < -0.4 is 5.73 Å². The van der Waals surface area contributed by atoms with Crippen molar-refractivity contribution in [3.05, 3.63) is 34.1 Å².